The predicted octanol–water partition coefficient (Wildman–Crippen LogP) is 2.46. The average molecular weight is 249 g/mol. The Labute approximate surface area is 107 Å². The molecule has 0 atom stereocenters. The highest BCUT2D eigenvalue weighted by molar-refractivity contribution is 5.97. The molecular formula is C14H19NO3. The van der Waals surface area contributed by atoms with Crippen molar-refractivity contribution in [1.29, 1.82) is 0 Å². The topological polar surface area (TPSA) is 57.6 Å². The summed E-state index contributed by atoms with van der Waals surface area (Å²) < 4.78 is 0. The van der Waals surface area contributed by atoms with Crippen LogP contribution >= 0.6 is 0 Å². The van der Waals surface area contributed by atoms with Gasteiger partial charge in [0.2, 0.25) is 5.91 Å². The van der Waals surface area contributed by atoms with Crippen LogP contribution in [0.2, 0.25) is 0 Å². The van der Waals surface area contributed by atoms with Crippen molar-refractivity contribution in [2.45, 2.75) is 27.2 Å². The smallest absolute Gasteiger partial charge is 0.323 e. The van der Waals surface area contributed by atoms with Crippen molar-refractivity contribution in [3.8, 4) is 0 Å². The van der Waals surface area contributed by atoms with E-state index in [1.54, 1.807) is 12.1 Å². The van der Waals surface area contributed by atoms with Crippen LogP contribution in [0.5, 0.6) is 0 Å². The van der Waals surface area contributed by atoms with Gasteiger partial charge in [-0.25, -0.2) is 0 Å². The highest BCUT2D eigenvalue weighted by Crippen LogP contribution is 2.17. The third kappa shape index (κ3) is 4.20. The molecule has 0 saturated carbocycles. The first kappa shape index (κ1) is 14.2. The van der Waals surface area contributed by atoms with Gasteiger partial charge in [-0.15, -0.1) is 0 Å². The van der Waals surface area contributed by atoms with Gasteiger partial charge in [-0.05, 0) is 25.0 Å². The Bertz CT molecular complexity index is 423. The average Bonchev–Trinajstić information content (AvgIpc) is 2.26. The summed E-state index contributed by atoms with van der Waals surface area (Å²) in [4.78, 5) is 24.2. The number of carboxylic acid groups (broad SMARTS) is 1. The first-order valence-electron chi connectivity index (χ1n) is 5.99. The zero-order valence-corrected chi connectivity index (χ0v) is 11.0. The molecule has 98 valence electrons. The van der Waals surface area contributed by atoms with E-state index in [1.807, 2.05) is 32.9 Å². The van der Waals surface area contributed by atoms with Crippen molar-refractivity contribution in [3.63, 3.8) is 0 Å². The van der Waals surface area contributed by atoms with Gasteiger partial charge in [0.25, 0.3) is 0 Å². The highest BCUT2D eigenvalue weighted by atomic mass is 16.4. The number of aliphatic carboxylic acids is 1. The Kier molecular flexibility index (Phi) is 4.89. The first-order chi connectivity index (χ1) is 8.40. The molecule has 0 fully saturated rings. The van der Waals surface area contributed by atoms with Crippen LogP contribution < -0.4 is 4.90 Å². The lowest BCUT2D eigenvalue weighted by Crippen LogP contribution is -2.36. The van der Waals surface area contributed by atoms with Crippen LogP contribution in [0.15, 0.2) is 24.3 Å². The van der Waals surface area contributed by atoms with E-state index in [9.17, 15) is 9.59 Å². The molecule has 4 heteroatoms. The standard InChI is InChI=1S/C14H19NO3/c1-10(2)8-13(16)15(9-14(17)18)12-6-4-11(3)5-7-12/h4-7,10H,8-9H2,1-3H3,(H,17,18). The van der Waals surface area contributed by atoms with Crippen molar-refractivity contribution < 1.29 is 14.7 Å². The van der Waals surface area contributed by atoms with E-state index in [0.29, 0.717) is 12.1 Å². The third-order valence-corrected chi connectivity index (χ3v) is 2.52. The Balaban J connectivity index is 2.93. The van der Waals surface area contributed by atoms with Crippen molar-refractivity contribution in [2.24, 2.45) is 5.92 Å². The van der Waals surface area contributed by atoms with Crippen molar-refractivity contribution in [3.05, 3.63) is 29.8 Å². The Morgan fingerprint density at radius 3 is 2.22 bits per heavy atom. The normalized spacial score (nSPS) is 10.4. The zero-order valence-electron chi connectivity index (χ0n) is 11.0. The van der Waals surface area contributed by atoms with E-state index in [-0.39, 0.29) is 18.4 Å². The summed E-state index contributed by atoms with van der Waals surface area (Å²) in [6, 6.07) is 7.28. The second-order valence-electron chi connectivity index (χ2n) is 4.81. The fourth-order valence-corrected chi connectivity index (χ4v) is 1.64. The number of hydrogen-bond acceptors (Lipinski definition) is 2. The van der Waals surface area contributed by atoms with E-state index >= 15 is 0 Å². The van der Waals surface area contributed by atoms with Gasteiger partial charge in [-0.1, -0.05) is 31.5 Å². The van der Waals surface area contributed by atoms with E-state index < -0.39 is 5.97 Å². The Morgan fingerprint density at radius 2 is 1.78 bits per heavy atom. The van der Waals surface area contributed by atoms with E-state index in [4.69, 9.17) is 5.11 Å². The quantitative estimate of drug-likeness (QED) is 0.872. The number of carbonyl (C=O) groups is 2. The van der Waals surface area contributed by atoms with Crippen LogP contribution in [-0.4, -0.2) is 23.5 Å². The molecular weight excluding hydrogens is 230 g/mol. The number of carboxylic acids is 1. The fraction of sp³-hybridized carbons (Fsp3) is 0.429. The van der Waals surface area contributed by atoms with Gasteiger partial charge in [-0.2, -0.15) is 0 Å². The van der Waals surface area contributed by atoms with E-state index in [2.05, 4.69) is 0 Å². The van der Waals surface area contributed by atoms with Gasteiger partial charge < -0.3 is 10.0 Å². The molecule has 0 radical (unpaired) electrons. The monoisotopic (exact) mass is 249 g/mol. The number of rotatable bonds is 5. The number of aryl methyl sites for hydroxylation is 1. The van der Waals surface area contributed by atoms with Gasteiger partial charge >= 0.3 is 5.97 Å². The largest absolute Gasteiger partial charge is 0.480 e. The first-order valence-corrected chi connectivity index (χ1v) is 5.99. The molecule has 0 bridgehead atoms. The third-order valence-electron chi connectivity index (χ3n) is 2.52. The number of carbonyl (C=O) groups excluding carboxylic acids is 1. The molecule has 0 aliphatic rings. The predicted molar refractivity (Wildman–Crippen MR) is 70.6 cm³/mol. The maximum Gasteiger partial charge on any atom is 0.323 e. The molecule has 0 heterocycles. The summed E-state index contributed by atoms with van der Waals surface area (Å²) in [6.07, 6.45) is 0.348. The van der Waals surface area contributed by atoms with Crippen molar-refractivity contribution >= 4 is 17.6 Å². The van der Waals surface area contributed by atoms with Crippen LogP contribution in [0.25, 0.3) is 0 Å². The van der Waals surface area contributed by atoms with Gasteiger partial charge in [0.05, 0.1) is 0 Å². The minimum atomic E-state index is -1.01. The maximum absolute atomic E-state index is 12.0. The molecule has 0 aliphatic carbocycles. The summed E-state index contributed by atoms with van der Waals surface area (Å²) in [6.45, 7) is 5.52. The number of amides is 1. The minimum absolute atomic E-state index is 0.156. The van der Waals surface area contributed by atoms with Gasteiger partial charge in [-0.3, -0.25) is 9.59 Å². The van der Waals surface area contributed by atoms with Crippen LogP contribution in [0.3, 0.4) is 0 Å². The van der Waals surface area contributed by atoms with Crippen LogP contribution in [0.4, 0.5) is 5.69 Å². The van der Waals surface area contributed by atoms with Gasteiger partial charge in [0, 0.05) is 12.1 Å². The van der Waals surface area contributed by atoms with Crippen molar-refractivity contribution in [2.75, 3.05) is 11.4 Å². The molecule has 0 aliphatic heterocycles. The van der Waals surface area contributed by atoms with Crippen LogP contribution in [0, 0.1) is 12.8 Å². The number of nitrogens with zero attached hydrogens (tertiary/aromatic N) is 1. The highest BCUT2D eigenvalue weighted by Gasteiger charge is 2.19. The molecule has 0 saturated heterocycles. The maximum atomic E-state index is 12.0. The molecule has 0 unspecified atom stereocenters. The van der Waals surface area contributed by atoms with E-state index in [1.165, 1.54) is 4.90 Å². The molecule has 1 N–H and O–H groups in total. The lowest BCUT2D eigenvalue weighted by atomic mass is 10.1. The molecule has 18 heavy (non-hydrogen) atoms. The Morgan fingerprint density at radius 1 is 1.22 bits per heavy atom. The summed E-state index contributed by atoms with van der Waals surface area (Å²) in [5, 5.41) is 8.89. The van der Waals surface area contributed by atoms with E-state index in [0.717, 1.165) is 5.56 Å². The Hall–Kier alpha value is -1.84. The molecule has 0 spiro atoms. The summed E-state index contributed by atoms with van der Waals surface area (Å²) in [5.41, 5.74) is 1.71. The molecule has 0 aromatic heterocycles. The number of benzene rings is 1. The van der Waals surface area contributed by atoms with Gasteiger partial charge in [0.1, 0.15) is 6.54 Å². The molecule has 1 aromatic carbocycles. The SMILES string of the molecule is Cc1ccc(N(CC(=O)O)C(=O)CC(C)C)cc1. The van der Waals surface area contributed by atoms with Crippen molar-refractivity contribution in [1.82, 2.24) is 0 Å². The fourth-order valence-electron chi connectivity index (χ4n) is 1.64. The lowest BCUT2D eigenvalue weighted by molar-refractivity contribution is -0.136. The van der Waals surface area contributed by atoms with Crippen LogP contribution in [0.1, 0.15) is 25.8 Å². The number of hydrogen-bond donors (Lipinski definition) is 1. The van der Waals surface area contributed by atoms with Crippen LogP contribution in [-0.2, 0) is 9.59 Å². The zero-order chi connectivity index (χ0) is 13.7. The lowest BCUT2D eigenvalue weighted by Gasteiger charge is -2.22. The second-order valence-corrected chi connectivity index (χ2v) is 4.81. The van der Waals surface area contributed by atoms with Gasteiger partial charge in [0.15, 0.2) is 0 Å². The molecule has 1 rings (SSSR count). The summed E-state index contributed by atoms with van der Waals surface area (Å²) >= 11 is 0. The second kappa shape index (κ2) is 6.19. The number of anilines is 1. The molecule has 1 aromatic rings. The summed E-state index contributed by atoms with van der Waals surface area (Å²) in [7, 11) is 0. The summed E-state index contributed by atoms with van der Waals surface area (Å²) in [5.74, 6) is -0.955. The molecule has 1 amide bonds. The minimum Gasteiger partial charge on any atom is -0.480 e. The molecule has 4 nitrogen and oxygen atoms in total.